The van der Waals surface area contributed by atoms with Crippen molar-refractivity contribution in [2.75, 3.05) is 4.72 Å². The summed E-state index contributed by atoms with van der Waals surface area (Å²) in [4.78, 5) is 0.0994. The molecule has 1 aromatic heterocycles. The normalized spacial score (nSPS) is 12.4. The number of nitrogens with one attached hydrogen (secondary N) is 1. The Hall–Kier alpha value is -1.82. The molecule has 0 fully saturated rings. The Morgan fingerprint density at radius 3 is 2.10 bits per heavy atom. The molecule has 21 heavy (non-hydrogen) atoms. The predicted octanol–water partition coefficient (Wildman–Crippen LogP) is 3.39. The number of anilines is 1. The van der Waals surface area contributed by atoms with Crippen LogP contribution in [0.1, 0.15) is 37.8 Å². The monoisotopic (exact) mass is 308 g/mol. The number of rotatable bonds is 3. The van der Waals surface area contributed by atoms with E-state index < -0.39 is 10.0 Å². The molecule has 0 saturated heterocycles. The maximum Gasteiger partial charge on any atom is 0.267 e. The zero-order valence-corrected chi connectivity index (χ0v) is 13.7. The summed E-state index contributed by atoms with van der Waals surface area (Å²) in [5.41, 5.74) is 2.04. The van der Waals surface area contributed by atoms with E-state index in [2.05, 4.69) is 30.6 Å². The number of aromatic nitrogens is 1. The number of aryl methyl sites for hydroxylation is 2. The molecular weight excluding hydrogens is 288 g/mol. The van der Waals surface area contributed by atoms with E-state index in [4.69, 9.17) is 4.52 Å². The highest BCUT2D eigenvalue weighted by atomic mass is 32.2. The third-order valence-corrected chi connectivity index (χ3v) is 4.86. The van der Waals surface area contributed by atoms with Crippen molar-refractivity contribution in [3.8, 4) is 0 Å². The molecule has 0 spiro atoms. The Morgan fingerprint density at radius 1 is 1.10 bits per heavy atom. The van der Waals surface area contributed by atoms with E-state index in [-0.39, 0.29) is 16.1 Å². The highest BCUT2D eigenvalue weighted by molar-refractivity contribution is 7.92. The van der Waals surface area contributed by atoms with Crippen molar-refractivity contribution in [2.24, 2.45) is 0 Å². The molecule has 0 aliphatic rings. The average molecular weight is 308 g/mol. The summed E-state index contributed by atoms with van der Waals surface area (Å²) in [5.74, 6) is 0.284. The van der Waals surface area contributed by atoms with Gasteiger partial charge in [0.05, 0.1) is 0 Å². The van der Waals surface area contributed by atoms with Gasteiger partial charge in [-0.25, -0.2) is 8.42 Å². The van der Waals surface area contributed by atoms with Crippen LogP contribution in [0.4, 0.5) is 5.69 Å². The van der Waals surface area contributed by atoms with Crippen LogP contribution in [0.3, 0.4) is 0 Å². The first-order valence-electron chi connectivity index (χ1n) is 6.67. The van der Waals surface area contributed by atoms with Crippen LogP contribution in [0, 0.1) is 13.8 Å². The Labute approximate surface area is 125 Å². The fraction of sp³-hybridized carbons (Fsp3) is 0.400. The summed E-state index contributed by atoms with van der Waals surface area (Å²) in [7, 11) is -3.69. The molecule has 0 atom stereocenters. The number of hydrogen-bond acceptors (Lipinski definition) is 4. The molecule has 0 aliphatic heterocycles. The molecule has 1 aromatic carbocycles. The summed E-state index contributed by atoms with van der Waals surface area (Å²) < 4.78 is 32.2. The first-order chi connectivity index (χ1) is 9.61. The standard InChI is InChI=1S/C15H20N2O3S/c1-10-14(11(2)20-16-10)21(18,19)17-13-8-6-12(7-9-13)15(3,4)5/h6-9,17H,1-5H3. The molecule has 0 unspecified atom stereocenters. The smallest absolute Gasteiger partial charge is 0.267 e. The van der Waals surface area contributed by atoms with Crippen LogP contribution < -0.4 is 4.72 Å². The molecule has 0 saturated carbocycles. The summed E-state index contributed by atoms with van der Waals surface area (Å²) in [6.07, 6.45) is 0. The summed E-state index contributed by atoms with van der Waals surface area (Å²) >= 11 is 0. The average Bonchev–Trinajstić information content (AvgIpc) is 2.68. The van der Waals surface area contributed by atoms with Crippen molar-refractivity contribution in [1.29, 1.82) is 0 Å². The number of hydrogen-bond donors (Lipinski definition) is 1. The number of sulfonamides is 1. The summed E-state index contributed by atoms with van der Waals surface area (Å²) in [5, 5.41) is 3.68. The predicted molar refractivity (Wildman–Crippen MR) is 81.9 cm³/mol. The molecule has 1 N–H and O–H groups in total. The largest absolute Gasteiger partial charge is 0.360 e. The van der Waals surface area contributed by atoms with Crippen LogP contribution in [0.5, 0.6) is 0 Å². The van der Waals surface area contributed by atoms with E-state index in [1.54, 1.807) is 26.0 Å². The quantitative estimate of drug-likeness (QED) is 0.943. The molecule has 114 valence electrons. The van der Waals surface area contributed by atoms with Gasteiger partial charge in [-0.1, -0.05) is 38.1 Å². The Kier molecular flexibility index (Phi) is 3.84. The lowest BCUT2D eigenvalue weighted by Gasteiger charge is -2.19. The van der Waals surface area contributed by atoms with Crippen LogP contribution in [-0.2, 0) is 15.4 Å². The fourth-order valence-electron chi connectivity index (χ4n) is 2.10. The molecule has 0 amide bonds. The van der Waals surface area contributed by atoms with E-state index in [9.17, 15) is 8.42 Å². The second kappa shape index (κ2) is 5.18. The van der Waals surface area contributed by atoms with Gasteiger partial charge in [0.25, 0.3) is 10.0 Å². The maximum atomic E-state index is 12.4. The molecule has 2 aromatic rings. The van der Waals surface area contributed by atoms with Crippen molar-refractivity contribution in [2.45, 2.75) is 44.9 Å². The number of nitrogens with zero attached hydrogens (tertiary/aromatic N) is 1. The van der Waals surface area contributed by atoms with Crippen molar-refractivity contribution < 1.29 is 12.9 Å². The second-order valence-corrected chi connectivity index (χ2v) is 7.71. The highest BCUT2D eigenvalue weighted by Gasteiger charge is 2.24. The molecule has 0 aliphatic carbocycles. The van der Waals surface area contributed by atoms with Gasteiger partial charge in [-0.2, -0.15) is 0 Å². The molecule has 6 heteroatoms. The van der Waals surface area contributed by atoms with Crippen molar-refractivity contribution in [3.05, 3.63) is 41.3 Å². The van der Waals surface area contributed by atoms with Crippen LogP contribution >= 0.6 is 0 Å². The van der Waals surface area contributed by atoms with Gasteiger partial charge in [0.15, 0.2) is 10.7 Å². The lowest BCUT2D eigenvalue weighted by atomic mass is 9.87. The SMILES string of the molecule is Cc1noc(C)c1S(=O)(=O)Nc1ccc(C(C)(C)C)cc1. The van der Waals surface area contributed by atoms with E-state index >= 15 is 0 Å². The van der Waals surface area contributed by atoms with E-state index in [0.717, 1.165) is 5.56 Å². The van der Waals surface area contributed by atoms with Gasteiger partial charge in [0.2, 0.25) is 0 Å². The minimum Gasteiger partial charge on any atom is -0.360 e. The minimum absolute atomic E-state index is 0.0268. The molecule has 0 bridgehead atoms. The zero-order valence-electron chi connectivity index (χ0n) is 12.9. The van der Waals surface area contributed by atoms with Gasteiger partial charge in [-0.05, 0) is 37.0 Å². The molecular formula is C15H20N2O3S. The van der Waals surface area contributed by atoms with Gasteiger partial charge < -0.3 is 4.52 Å². The lowest BCUT2D eigenvalue weighted by Crippen LogP contribution is -2.15. The van der Waals surface area contributed by atoms with Gasteiger partial charge in [-0.3, -0.25) is 4.72 Å². The lowest BCUT2D eigenvalue weighted by molar-refractivity contribution is 0.390. The van der Waals surface area contributed by atoms with Gasteiger partial charge in [0, 0.05) is 5.69 Å². The zero-order chi connectivity index (χ0) is 15.8. The first-order valence-corrected chi connectivity index (χ1v) is 8.16. The van der Waals surface area contributed by atoms with E-state index in [0.29, 0.717) is 11.4 Å². The van der Waals surface area contributed by atoms with Gasteiger partial charge in [0.1, 0.15) is 5.69 Å². The molecule has 5 nitrogen and oxygen atoms in total. The van der Waals surface area contributed by atoms with E-state index in [1.165, 1.54) is 0 Å². The molecule has 2 rings (SSSR count). The van der Waals surface area contributed by atoms with Crippen LogP contribution in [0.25, 0.3) is 0 Å². The summed E-state index contributed by atoms with van der Waals surface area (Å²) in [6, 6.07) is 7.36. The van der Waals surface area contributed by atoms with Crippen LogP contribution in [0.2, 0.25) is 0 Å². The topological polar surface area (TPSA) is 72.2 Å². The molecule has 0 radical (unpaired) electrons. The second-order valence-electron chi connectivity index (χ2n) is 6.09. The van der Waals surface area contributed by atoms with E-state index in [1.807, 2.05) is 12.1 Å². The van der Waals surface area contributed by atoms with Crippen molar-refractivity contribution in [3.63, 3.8) is 0 Å². The first kappa shape index (κ1) is 15.6. The Bertz CT molecular complexity index is 719. The number of benzene rings is 1. The molecule has 1 heterocycles. The van der Waals surface area contributed by atoms with Crippen molar-refractivity contribution in [1.82, 2.24) is 5.16 Å². The Balaban J connectivity index is 2.30. The highest BCUT2D eigenvalue weighted by Crippen LogP contribution is 2.26. The fourth-order valence-corrected chi connectivity index (χ4v) is 3.49. The van der Waals surface area contributed by atoms with Gasteiger partial charge >= 0.3 is 0 Å². The van der Waals surface area contributed by atoms with Gasteiger partial charge in [-0.15, -0.1) is 0 Å². The van der Waals surface area contributed by atoms with Crippen LogP contribution in [0.15, 0.2) is 33.7 Å². The third kappa shape index (κ3) is 3.26. The maximum absolute atomic E-state index is 12.4. The summed E-state index contributed by atoms with van der Waals surface area (Å²) in [6.45, 7) is 9.51. The minimum atomic E-state index is -3.69. The van der Waals surface area contributed by atoms with Crippen molar-refractivity contribution >= 4 is 15.7 Å². The third-order valence-electron chi connectivity index (χ3n) is 3.24. The Morgan fingerprint density at radius 2 is 1.67 bits per heavy atom. The van der Waals surface area contributed by atoms with Crippen LogP contribution in [-0.4, -0.2) is 13.6 Å².